The summed E-state index contributed by atoms with van der Waals surface area (Å²) in [4.78, 5) is 24.7. The molecule has 0 N–H and O–H groups in total. The summed E-state index contributed by atoms with van der Waals surface area (Å²) in [5, 5.41) is 0. The van der Waals surface area contributed by atoms with E-state index in [1.54, 1.807) is 11.0 Å². The van der Waals surface area contributed by atoms with Crippen molar-refractivity contribution in [2.24, 2.45) is 0 Å². The molecule has 0 unspecified atom stereocenters. The maximum atomic E-state index is 11.8. The van der Waals surface area contributed by atoms with E-state index in [1.165, 1.54) is 7.11 Å². The van der Waals surface area contributed by atoms with Crippen molar-refractivity contribution in [1.82, 2.24) is 4.90 Å². The number of nitrogens with zero attached hydrogens (tertiary/aromatic N) is 1. The Kier molecular flexibility index (Phi) is 5.59. The average Bonchev–Trinajstić information content (AvgIpc) is 2.36. The number of esters is 1. The van der Waals surface area contributed by atoms with Crippen molar-refractivity contribution in [3.05, 3.63) is 11.6 Å². The van der Waals surface area contributed by atoms with Crippen molar-refractivity contribution in [3.63, 3.8) is 0 Å². The lowest BCUT2D eigenvalue weighted by Crippen LogP contribution is -2.37. The van der Waals surface area contributed by atoms with Gasteiger partial charge in [0, 0.05) is 26.7 Å². The zero-order valence-electron chi connectivity index (χ0n) is 12.2. The fourth-order valence-corrected chi connectivity index (χ4v) is 2.40. The Hall–Kier alpha value is -1.30. The molecule has 0 saturated carbocycles. The summed E-state index contributed by atoms with van der Waals surface area (Å²) < 4.78 is 9.91. The molecule has 1 heterocycles. The molecular weight excluding hydrogens is 262 g/mol. The van der Waals surface area contributed by atoms with Crippen molar-refractivity contribution >= 4 is 20.1 Å². The van der Waals surface area contributed by atoms with Crippen molar-refractivity contribution < 1.29 is 19.1 Å². The van der Waals surface area contributed by atoms with Gasteiger partial charge in [0.05, 0.1) is 13.7 Å². The topological polar surface area (TPSA) is 55.8 Å². The maximum absolute atomic E-state index is 11.8. The Balaban J connectivity index is 2.37. The van der Waals surface area contributed by atoms with Crippen LogP contribution in [0.25, 0.3) is 0 Å². The molecule has 19 heavy (non-hydrogen) atoms. The van der Waals surface area contributed by atoms with Crippen LogP contribution in [0.2, 0.25) is 25.7 Å². The molecule has 6 heteroatoms. The van der Waals surface area contributed by atoms with Crippen molar-refractivity contribution in [3.8, 4) is 0 Å². The summed E-state index contributed by atoms with van der Waals surface area (Å²) in [7, 11) is 0.188. The molecule has 1 aliphatic rings. The summed E-state index contributed by atoms with van der Waals surface area (Å²) in [5.41, 5.74) is 0.633. The summed E-state index contributed by atoms with van der Waals surface area (Å²) in [6.45, 7) is 8.13. The molecular formula is C13H23NO4Si. The number of methoxy groups -OCH3 is 1. The van der Waals surface area contributed by atoms with E-state index < -0.39 is 8.07 Å². The van der Waals surface area contributed by atoms with Gasteiger partial charge in [0.1, 0.15) is 0 Å². The Labute approximate surface area is 115 Å². The molecule has 0 spiro atoms. The highest BCUT2D eigenvalue weighted by atomic mass is 28.3. The van der Waals surface area contributed by atoms with E-state index in [4.69, 9.17) is 4.74 Å². The number of hydrogen-bond donors (Lipinski definition) is 0. The quantitative estimate of drug-likeness (QED) is 0.587. The van der Waals surface area contributed by atoms with Crippen LogP contribution in [0.1, 0.15) is 6.42 Å². The first-order valence-corrected chi connectivity index (χ1v) is 10.2. The number of ether oxygens (including phenoxy) is 2. The molecule has 0 aliphatic carbocycles. The highest BCUT2D eigenvalue weighted by Gasteiger charge is 2.22. The largest absolute Gasteiger partial charge is 0.466 e. The van der Waals surface area contributed by atoms with Crippen LogP contribution in [0.5, 0.6) is 0 Å². The highest BCUT2D eigenvalue weighted by molar-refractivity contribution is 6.76. The second kappa shape index (κ2) is 6.74. The molecule has 108 valence electrons. The minimum atomic E-state index is -1.17. The first-order valence-electron chi connectivity index (χ1n) is 6.52. The molecule has 0 atom stereocenters. The Morgan fingerprint density at radius 1 is 1.37 bits per heavy atom. The Morgan fingerprint density at radius 3 is 2.53 bits per heavy atom. The molecule has 1 amide bonds. The summed E-state index contributed by atoms with van der Waals surface area (Å²) in [6.07, 6.45) is 1.96. The third-order valence-electron chi connectivity index (χ3n) is 2.99. The zero-order chi connectivity index (χ0) is 14.5. The molecule has 1 aliphatic heterocycles. The molecule has 0 bridgehead atoms. The molecule has 0 radical (unpaired) electrons. The first kappa shape index (κ1) is 15.8. The number of hydrogen-bond acceptors (Lipinski definition) is 4. The lowest BCUT2D eigenvalue weighted by molar-refractivity contribution is -0.136. The number of carbonyl (C=O) groups is 2. The number of amides is 1. The fourth-order valence-electron chi connectivity index (χ4n) is 1.69. The molecule has 0 aromatic carbocycles. The lowest BCUT2D eigenvalue weighted by atomic mass is 10.1. The van der Waals surface area contributed by atoms with E-state index in [1.807, 2.05) is 0 Å². The van der Waals surface area contributed by atoms with Gasteiger partial charge in [-0.25, -0.2) is 9.59 Å². The van der Waals surface area contributed by atoms with E-state index in [-0.39, 0.29) is 12.1 Å². The van der Waals surface area contributed by atoms with Gasteiger partial charge in [-0.1, -0.05) is 25.7 Å². The zero-order valence-corrected chi connectivity index (χ0v) is 13.2. The van der Waals surface area contributed by atoms with E-state index in [0.29, 0.717) is 31.7 Å². The van der Waals surface area contributed by atoms with Crippen LogP contribution in [0, 0.1) is 0 Å². The first-order chi connectivity index (χ1) is 8.83. The second-order valence-corrected chi connectivity index (χ2v) is 11.5. The van der Waals surface area contributed by atoms with Gasteiger partial charge in [-0.2, -0.15) is 0 Å². The fraction of sp³-hybridized carbons (Fsp3) is 0.692. The second-order valence-electron chi connectivity index (χ2n) is 5.84. The van der Waals surface area contributed by atoms with E-state index in [9.17, 15) is 9.59 Å². The monoisotopic (exact) mass is 285 g/mol. The van der Waals surface area contributed by atoms with Gasteiger partial charge in [-0.15, -0.1) is 0 Å². The minimum absolute atomic E-state index is 0.293. The minimum Gasteiger partial charge on any atom is -0.466 e. The van der Waals surface area contributed by atoms with Gasteiger partial charge in [0.2, 0.25) is 0 Å². The maximum Gasteiger partial charge on any atom is 0.410 e. The summed E-state index contributed by atoms with van der Waals surface area (Å²) in [6, 6.07) is 0.968. The highest BCUT2D eigenvalue weighted by Crippen LogP contribution is 2.14. The van der Waals surface area contributed by atoms with Crippen LogP contribution in [-0.4, -0.2) is 51.8 Å². The third-order valence-corrected chi connectivity index (χ3v) is 4.70. The molecule has 5 nitrogen and oxygen atoms in total. The summed E-state index contributed by atoms with van der Waals surface area (Å²) >= 11 is 0. The van der Waals surface area contributed by atoms with Gasteiger partial charge in [-0.05, 0) is 12.5 Å². The molecule has 0 saturated heterocycles. The van der Waals surface area contributed by atoms with Crippen molar-refractivity contribution in [1.29, 1.82) is 0 Å². The van der Waals surface area contributed by atoms with E-state index in [2.05, 4.69) is 24.4 Å². The predicted molar refractivity (Wildman–Crippen MR) is 75.8 cm³/mol. The number of rotatable bonds is 4. The van der Waals surface area contributed by atoms with Gasteiger partial charge in [-0.3, -0.25) is 0 Å². The van der Waals surface area contributed by atoms with Crippen LogP contribution in [0.3, 0.4) is 0 Å². The average molecular weight is 285 g/mol. The van der Waals surface area contributed by atoms with Crippen LogP contribution >= 0.6 is 0 Å². The Bertz CT molecular complexity index is 373. The molecule has 0 aromatic rings. The van der Waals surface area contributed by atoms with Crippen LogP contribution in [0.15, 0.2) is 11.6 Å². The van der Waals surface area contributed by atoms with Crippen LogP contribution < -0.4 is 0 Å². The van der Waals surface area contributed by atoms with Crippen LogP contribution in [-0.2, 0) is 14.3 Å². The van der Waals surface area contributed by atoms with E-state index in [0.717, 1.165) is 6.04 Å². The number of carbonyl (C=O) groups excluding carboxylic acids is 2. The standard InChI is InChI=1S/C13H23NO4Si/c1-17-12(15)11-5-7-14(8-6-11)13(16)18-9-10-19(2,3)4/h5H,6-10H2,1-4H3. The van der Waals surface area contributed by atoms with Gasteiger partial charge in [0.15, 0.2) is 0 Å². The molecule has 0 fully saturated rings. The smallest absolute Gasteiger partial charge is 0.410 e. The lowest BCUT2D eigenvalue weighted by Gasteiger charge is -2.25. The third kappa shape index (κ3) is 5.46. The summed E-state index contributed by atoms with van der Waals surface area (Å²) in [5.74, 6) is -0.313. The van der Waals surface area contributed by atoms with Gasteiger partial charge >= 0.3 is 12.1 Å². The normalized spacial score (nSPS) is 15.8. The van der Waals surface area contributed by atoms with E-state index >= 15 is 0 Å². The predicted octanol–water partition coefficient (Wildman–Crippen LogP) is 2.27. The van der Waals surface area contributed by atoms with Gasteiger partial charge < -0.3 is 14.4 Å². The molecule has 0 aromatic heterocycles. The van der Waals surface area contributed by atoms with Crippen LogP contribution in [0.4, 0.5) is 4.79 Å². The Morgan fingerprint density at radius 2 is 2.05 bits per heavy atom. The van der Waals surface area contributed by atoms with Crippen molar-refractivity contribution in [2.45, 2.75) is 32.1 Å². The molecule has 1 rings (SSSR count). The van der Waals surface area contributed by atoms with Gasteiger partial charge in [0.25, 0.3) is 0 Å². The van der Waals surface area contributed by atoms with Crippen molar-refractivity contribution in [2.75, 3.05) is 26.8 Å². The SMILES string of the molecule is COC(=O)C1=CCN(C(=O)OCC[Si](C)(C)C)CC1.